The highest BCUT2D eigenvalue weighted by molar-refractivity contribution is 5.91. The van der Waals surface area contributed by atoms with Crippen LogP contribution in [0.3, 0.4) is 0 Å². The van der Waals surface area contributed by atoms with Crippen LogP contribution < -0.4 is 5.32 Å². The van der Waals surface area contributed by atoms with Gasteiger partial charge in [-0.05, 0) is 36.5 Å². The summed E-state index contributed by atoms with van der Waals surface area (Å²) in [6, 6.07) is 16.6. The third-order valence-electron chi connectivity index (χ3n) is 8.32. The molecule has 7 heteroatoms. The first kappa shape index (κ1) is 31.7. The molecule has 0 spiro atoms. The summed E-state index contributed by atoms with van der Waals surface area (Å²) >= 11 is 0. The number of aryl methyl sites for hydroxylation is 1. The maximum Gasteiger partial charge on any atom is 0.331 e. The van der Waals surface area contributed by atoms with Gasteiger partial charge in [-0.1, -0.05) is 89.2 Å². The Bertz CT molecular complexity index is 1400. The van der Waals surface area contributed by atoms with E-state index in [2.05, 4.69) is 42.1 Å². The van der Waals surface area contributed by atoms with Crippen LogP contribution in [0, 0.1) is 11.8 Å². The summed E-state index contributed by atoms with van der Waals surface area (Å²) in [5.41, 5.74) is 2.80. The highest BCUT2D eigenvalue weighted by Gasteiger charge is 2.39. The van der Waals surface area contributed by atoms with Gasteiger partial charge in [0.2, 0.25) is 11.8 Å². The van der Waals surface area contributed by atoms with Crippen molar-refractivity contribution in [1.82, 2.24) is 14.8 Å². The van der Waals surface area contributed by atoms with Crippen molar-refractivity contribution < 1.29 is 19.5 Å². The van der Waals surface area contributed by atoms with Crippen LogP contribution in [-0.2, 0) is 33.3 Å². The summed E-state index contributed by atoms with van der Waals surface area (Å²) < 4.78 is 2.09. The first-order chi connectivity index (χ1) is 19.3. The van der Waals surface area contributed by atoms with Crippen molar-refractivity contribution in [2.75, 3.05) is 7.05 Å². The average Bonchev–Trinajstić information content (AvgIpc) is 3.28. The van der Waals surface area contributed by atoms with Gasteiger partial charge in [-0.2, -0.15) is 0 Å². The summed E-state index contributed by atoms with van der Waals surface area (Å²) in [5.74, 6) is -1.87. The molecule has 3 rings (SSSR count). The van der Waals surface area contributed by atoms with E-state index >= 15 is 0 Å². The number of likely N-dealkylation sites (N-methyl/N-ethyl adjacent to an activating group) is 1. The van der Waals surface area contributed by atoms with Gasteiger partial charge in [0.1, 0.15) is 6.04 Å². The molecular weight excluding hydrogens is 514 g/mol. The molecule has 7 nitrogen and oxygen atoms in total. The first-order valence-electron chi connectivity index (χ1n) is 14.4. The fourth-order valence-corrected chi connectivity index (χ4v) is 5.86. The van der Waals surface area contributed by atoms with Crippen LogP contribution in [0.25, 0.3) is 10.9 Å². The molecule has 0 aliphatic heterocycles. The van der Waals surface area contributed by atoms with Crippen LogP contribution in [0.2, 0.25) is 0 Å². The number of carboxylic acid groups (broad SMARTS) is 1. The largest absolute Gasteiger partial charge is 0.478 e. The monoisotopic (exact) mass is 559 g/mol. The number of benzene rings is 2. The van der Waals surface area contributed by atoms with Crippen molar-refractivity contribution in [3.05, 3.63) is 83.6 Å². The Morgan fingerprint density at radius 3 is 2.24 bits per heavy atom. The number of carbonyl (C=O) groups is 3. The standard InChI is InChI=1S/C34H45N3O4/c1-9-26(34(5,6)27-21-36(7)29-18-14-13-17-25(27)29)31(38)35-28(20-24-15-11-10-12-16-24)32(39)37(8)30(22(2)3)19-23(4)33(40)41/h10-19,21-22,26,28,30H,9,20H2,1-8H3,(H,35,38)(H,40,41)/b23-19+/t26-,28+,30-/m1/s1. The summed E-state index contributed by atoms with van der Waals surface area (Å²) in [7, 11) is 3.69. The normalized spacial score (nSPS) is 14.5. The number of carbonyl (C=O) groups excluding carboxylic acids is 2. The zero-order valence-electron chi connectivity index (χ0n) is 25.6. The Balaban J connectivity index is 1.97. The van der Waals surface area contributed by atoms with E-state index in [0.717, 1.165) is 22.0 Å². The Morgan fingerprint density at radius 2 is 1.66 bits per heavy atom. The predicted molar refractivity (Wildman–Crippen MR) is 165 cm³/mol. The summed E-state index contributed by atoms with van der Waals surface area (Å²) in [4.78, 5) is 41.2. The van der Waals surface area contributed by atoms with E-state index in [1.165, 1.54) is 6.92 Å². The predicted octanol–water partition coefficient (Wildman–Crippen LogP) is 5.72. The van der Waals surface area contributed by atoms with Crippen molar-refractivity contribution in [2.45, 2.75) is 71.9 Å². The number of nitrogens with zero attached hydrogens (tertiary/aromatic N) is 2. The minimum absolute atomic E-state index is 0.0278. The molecule has 0 unspecified atom stereocenters. The van der Waals surface area contributed by atoms with Crippen molar-refractivity contribution in [3.8, 4) is 0 Å². The molecule has 0 fully saturated rings. The molecule has 0 saturated heterocycles. The number of aromatic nitrogens is 1. The minimum atomic E-state index is -1.02. The SMILES string of the molecule is CC[C@H](C(=O)N[C@@H](Cc1ccccc1)C(=O)N(C)[C@H](/C=C(\C)C(=O)O)C(C)C)C(C)(C)c1cn(C)c2ccccc12. The van der Waals surface area contributed by atoms with Crippen molar-refractivity contribution in [3.63, 3.8) is 0 Å². The Morgan fingerprint density at radius 1 is 1.05 bits per heavy atom. The van der Waals surface area contributed by atoms with E-state index in [9.17, 15) is 19.5 Å². The molecule has 0 radical (unpaired) electrons. The zero-order chi connectivity index (χ0) is 30.5. The lowest BCUT2D eigenvalue weighted by molar-refractivity contribution is -0.138. The number of para-hydroxylation sites is 1. The van der Waals surface area contributed by atoms with Gasteiger partial charge < -0.3 is 19.9 Å². The molecule has 1 aromatic heterocycles. The quantitative estimate of drug-likeness (QED) is 0.278. The van der Waals surface area contributed by atoms with Gasteiger partial charge >= 0.3 is 5.97 Å². The molecule has 3 aromatic rings. The Labute approximate surface area is 244 Å². The summed E-state index contributed by atoms with van der Waals surface area (Å²) in [6.45, 7) is 11.6. The number of fused-ring (bicyclic) bond motifs is 1. The van der Waals surface area contributed by atoms with Gasteiger partial charge in [-0.3, -0.25) is 9.59 Å². The maximum absolute atomic E-state index is 14.1. The third kappa shape index (κ3) is 7.07. The van der Waals surface area contributed by atoms with Gasteiger partial charge in [0, 0.05) is 54.5 Å². The van der Waals surface area contributed by atoms with Crippen LogP contribution >= 0.6 is 0 Å². The van der Waals surface area contributed by atoms with E-state index in [4.69, 9.17) is 0 Å². The molecule has 3 atom stereocenters. The number of rotatable bonds is 12. The first-order valence-corrected chi connectivity index (χ1v) is 14.4. The van der Waals surface area contributed by atoms with Gasteiger partial charge in [-0.15, -0.1) is 0 Å². The zero-order valence-corrected chi connectivity index (χ0v) is 25.6. The molecule has 220 valence electrons. The van der Waals surface area contributed by atoms with Crippen LogP contribution in [0.15, 0.2) is 72.4 Å². The topological polar surface area (TPSA) is 91.6 Å². The van der Waals surface area contributed by atoms with Gasteiger partial charge in [0.25, 0.3) is 0 Å². The molecule has 0 bridgehead atoms. The van der Waals surface area contributed by atoms with E-state index in [1.807, 2.05) is 70.3 Å². The Hall–Kier alpha value is -3.87. The van der Waals surface area contributed by atoms with E-state index < -0.39 is 23.5 Å². The number of nitrogens with one attached hydrogen (secondary N) is 1. The molecule has 0 saturated carbocycles. The molecule has 1 heterocycles. The molecular formula is C34H45N3O4. The highest BCUT2D eigenvalue weighted by atomic mass is 16.4. The second kappa shape index (κ2) is 13.2. The number of hydrogen-bond donors (Lipinski definition) is 2. The van der Waals surface area contributed by atoms with Gasteiger partial charge in [0.05, 0.1) is 6.04 Å². The lowest BCUT2D eigenvalue weighted by Crippen LogP contribution is -2.54. The third-order valence-corrected chi connectivity index (χ3v) is 8.32. The van der Waals surface area contributed by atoms with Gasteiger partial charge in [-0.25, -0.2) is 4.79 Å². The number of carboxylic acids is 1. The van der Waals surface area contributed by atoms with Crippen molar-refractivity contribution in [1.29, 1.82) is 0 Å². The van der Waals surface area contributed by atoms with Crippen LogP contribution in [0.5, 0.6) is 0 Å². The smallest absolute Gasteiger partial charge is 0.331 e. The van der Waals surface area contributed by atoms with Crippen LogP contribution in [0.4, 0.5) is 0 Å². The molecule has 2 amide bonds. The molecule has 2 N–H and O–H groups in total. The van der Waals surface area contributed by atoms with E-state index in [0.29, 0.717) is 12.8 Å². The molecule has 0 aliphatic rings. The molecule has 2 aromatic carbocycles. The van der Waals surface area contributed by atoms with E-state index in [1.54, 1.807) is 18.0 Å². The average molecular weight is 560 g/mol. The number of amides is 2. The second-order valence-corrected chi connectivity index (χ2v) is 11.9. The van der Waals surface area contributed by atoms with Crippen molar-refractivity contribution >= 4 is 28.7 Å². The second-order valence-electron chi connectivity index (χ2n) is 11.9. The minimum Gasteiger partial charge on any atom is -0.478 e. The highest BCUT2D eigenvalue weighted by Crippen LogP contribution is 2.39. The van der Waals surface area contributed by atoms with Crippen LogP contribution in [0.1, 0.15) is 59.1 Å². The summed E-state index contributed by atoms with van der Waals surface area (Å²) in [5, 5.41) is 13.7. The fourth-order valence-electron chi connectivity index (χ4n) is 5.86. The lowest BCUT2D eigenvalue weighted by atomic mass is 9.71. The maximum atomic E-state index is 14.1. The lowest BCUT2D eigenvalue weighted by Gasteiger charge is -2.36. The summed E-state index contributed by atoms with van der Waals surface area (Å²) in [6.07, 6.45) is 4.64. The Kier molecular flexibility index (Phi) is 10.2. The van der Waals surface area contributed by atoms with Crippen molar-refractivity contribution in [2.24, 2.45) is 18.9 Å². The molecule has 0 aliphatic carbocycles. The fraction of sp³-hybridized carbons (Fsp3) is 0.441. The van der Waals surface area contributed by atoms with Gasteiger partial charge in [0.15, 0.2) is 0 Å². The van der Waals surface area contributed by atoms with E-state index in [-0.39, 0.29) is 29.2 Å². The molecule has 41 heavy (non-hydrogen) atoms. The number of aliphatic carboxylic acids is 1. The van der Waals surface area contributed by atoms with Crippen LogP contribution in [-0.4, -0.2) is 51.5 Å². The number of hydrogen-bond acceptors (Lipinski definition) is 3.